The van der Waals surface area contributed by atoms with Gasteiger partial charge in [0.2, 0.25) is 0 Å². The second-order valence-electron chi connectivity index (χ2n) is 4.31. The third-order valence-corrected chi connectivity index (χ3v) is 2.87. The van der Waals surface area contributed by atoms with Crippen LogP contribution in [0.3, 0.4) is 0 Å². The van der Waals surface area contributed by atoms with E-state index in [0.717, 1.165) is 6.07 Å². The van der Waals surface area contributed by atoms with Crippen LogP contribution in [-0.2, 0) is 12.7 Å². The summed E-state index contributed by atoms with van der Waals surface area (Å²) in [6.07, 6.45) is -4.51. The van der Waals surface area contributed by atoms with Gasteiger partial charge in [0.15, 0.2) is 0 Å². The maximum atomic E-state index is 13.0. The van der Waals surface area contributed by atoms with Crippen molar-refractivity contribution in [2.45, 2.75) is 12.7 Å². The molecule has 0 bridgehead atoms. The number of ether oxygens (including phenoxy) is 2. The Kier molecular flexibility index (Phi) is 4.37. The number of halogens is 3. The number of hydrogen-bond acceptors (Lipinski definition) is 3. The van der Waals surface area contributed by atoms with Gasteiger partial charge in [0, 0.05) is 6.54 Å². The molecule has 0 spiro atoms. The normalized spacial score (nSPS) is 11.3. The first-order valence-corrected chi connectivity index (χ1v) is 6.16. The molecule has 0 radical (unpaired) electrons. The Morgan fingerprint density at radius 1 is 1.00 bits per heavy atom. The first-order valence-electron chi connectivity index (χ1n) is 6.16. The number of hydrogen-bond donors (Lipinski definition) is 1. The van der Waals surface area contributed by atoms with Crippen molar-refractivity contribution < 1.29 is 22.6 Å². The highest BCUT2D eigenvalue weighted by Crippen LogP contribution is 2.38. The third-order valence-electron chi connectivity index (χ3n) is 2.87. The van der Waals surface area contributed by atoms with Crippen molar-refractivity contribution in [1.82, 2.24) is 0 Å². The third kappa shape index (κ3) is 3.66. The highest BCUT2D eigenvalue weighted by atomic mass is 19.4. The van der Waals surface area contributed by atoms with Crippen LogP contribution in [0.15, 0.2) is 42.5 Å². The van der Waals surface area contributed by atoms with E-state index >= 15 is 0 Å². The summed E-state index contributed by atoms with van der Waals surface area (Å²) >= 11 is 0. The molecule has 3 nitrogen and oxygen atoms in total. The molecule has 0 amide bonds. The molecular weight excluding hydrogens is 283 g/mol. The van der Waals surface area contributed by atoms with Gasteiger partial charge >= 0.3 is 6.18 Å². The Bertz CT molecular complexity index is 609. The van der Waals surface area contributed by atoms with Gasteiger partial charge in [0.25, 0.3) is 0 Å². The Labute approximate surface area is 120 Å². The molecule has 0 atom stereocenters. The molecule has 0 aliphatic rings. The zero-order valence-electron chi connectivity index (χ0n) is 11.3. The Balaban J connectivity index is 2.34. The van der Waals surface area contributed by atoms with Crippen molar-refractivity contribution in [3.05, 3.63) is 53.6 Å². The van der Waals surface area contributed by atoms with E-state index in [1.807, 2.05) is 0 Å². The van der Waals surface area contributed by atoms with E-state index in [-0.39, 0.29) is 12.3 Å². The van der Waals surface area contributed by atoms with Crippen molar-refractivity contribution in [1.29, 1.82) is 0 Å². The van der Waals surface area contributed by atoms with Crippen LogP contribution in [0, 0.1) is 0 Å². The minimum Gasteiger partial charge on any atom is -0.497 e. The Hall–Kier alpha value is -2.21. The molecule has 0 aromatic heterocycles. The number of alkyl halides is 3. The lowest BCUT2D eigenvalue weighted by molar-refractivity contribution is -0.138. The van der Waals surface area contributed by atoms with Gasteiger partial charge in [-0.1, -0.05) is 6.07 Å². The summed E-state index contributed by atoms with van der Waals surface area (Å²) in [4.78, 5) is 0. The lowest BCUT2D eigenvalue weighted by atomic mass is 10.1. The van der Waals surface area contributed by atoms with Gasteiger partial charge in [-0.2, -0.15) is 13.2 Å². The molecule has 0 heterocycles. The molecule has 0 aliphatic heterocycles. The van der Waals surface area contributed by atoms with Crippen molar-refractivity contribution in [2.24, 2.45) is 5.73 Å². The van der Waals surface area contributed by atoms with Crippen LogP contribution >= 0.6 is 0 Å². The number of nitrogens with two attached hydrogens (primary N) is 1. The summed E-state index contributed by atoms with van der Waals surface area (Å²) in [5, 5.41) is 0. The lowest BCUT2D eigenvalue weighted by Gasteiger charge is -2.15. The minimum atomic E-state index is -4.51. The molecule has 2 rings (SSSR count). The molecule has 2 aromatic carbocycles. The molecule has 21 heavy (non-hydrogen) atoms. The maximum absolute atomic E-state index is 13.0. The molecule has 0 saturated carbocycles. The first kappa shape index (κ1) is 15.2. The maximum Gasteiger partial charge on any atom is 0.419 e. The van der Waals surface area contributed by atoms with E-state index in [9.17, 15) is 13.2 Å². The predicted molar refractivity (Wildman–Crippen MR) is 72.4 cm³/mol. The number of benzene rings is 2. The summed E-state index contributed by atoms with van der Waals surface area (Å²) in [5.74, 6) is 0.628. The van der Waals surface area contributed by atoms with Crippen LogP contribution in [-0.4, -0.2) is 7.11 Å². The van der Waals surface area contributed by atoms with Gasteiger partial charge in [0.1, 0.15) is 17.2 Å². The van der Waals surface area contributed by atoms with Crippen molar-refractivity contribution in [3.8, 4) is 17.2 Å². The number of rotatable bonds is 4. The molecule has 0 unspecified atom stereocenters. The SMILES string of the molecule is COc1ccc(Oc2ccc(CN)cc2C(F)(F)F)cc1. The van der Waals surface area contributed by atoms with E-state index < -0.39 is 11.7 Å². The summed E-state index contributed by atoms with van der Waals surface area (Å²) in [5.41, 5.74) is 4.92. The van der Waals surface area contributed by atoms with Crippen LogP contribution in [0.25, 0.3) is 0 Å². The smallest absolute Gasteiger partial charge is 0.419 e. The second-order valence-corrected chi connectivity index (χ2v) is 4.31. The zero-order valence-corrected chi connectivity index (χ0v) is 11.3. The largest absolute Gasteiger partial charge is 0.497 e. The van der Waals surface area contributed by atoms with Gasteiger partial charge < -0.3 is 15.2 Å². The summed E-state index contributed by atoms with van der Waals surface area (Å²) in [6.45, 7) is 0.0336. The van der Waals surface area contributed by atoms with Crippen molar-refractivity contribution in [3.63, 3.8) is 0 Å². The van der Waals surface area contributed by atoms with E-state index in [1.54, 1.807) is 12.1 Å². The van der Waals surface area contributed by atoms with Gasteiger partial charge in [-0.15, -0.1) is 0 Å². The average Bonchev–Trinajstić information content (AvgIpc) is 2.47. The molecule has 6 heteroatoms. The second kappa shape index (κ2) is 6.05. The van der Waals surface area contributed by atoms with Crippen LogP contribution in [0.2, 0.25) is 0 Å². The monoisotopic (exact) mass is 297 g/mol. The Morgan fingerprint density at radius 3 is 2.14 bits per heavy atom. The zero-order chi connectivity index (χ0) is 15.5. The molecular formula is C15H14F3NO2. The highest BCUT2D eigenvalue weighted by Gasteiger charge is 2.34. The van der Waals surface area contributed by atoms with Crippen LogP contribution in [0.1, 0.15) is 11.1 Å². The van der Waals surface area contributed by atoms with Crippen molar-refractivity contribution in [2.75, 3.05) is 7.11 Å². The summed E-state index contributed by atoms with van der Waals surface area (Å²) in [7, 11) is 1.50. The average molecular weight is 297 g/mol. The highest BCUT2D eigenvalue weighted by molar-refractivity contribution is 5.43. The molecule has 2 aromatic rings. The van der Waals surface area contributed by atoms with Crippen LogP contribution < -0.4 is 15.2 Å². The standard InChI is InChI=1S/C15H14F3NO2/c1-20-11-3-5-12(6-4-11)21-14-7-2-10(9-19)8-13(14)15(16,17)18/h2-8H,9,19H2,1H3. The van der Waals surface area contributed by atoms with Gasteiger partial charge in [-0.25, -0.2) is 0 Å². The molecule has 2 N–H and O–H groups in total. The first-order chi connectivity index (χ1) is 9.94. The molecule has 0 aliphatic carbocycles. The quantitative estimate of drug-likeness (QED) is 0.929. The van der Waals surface area contributed by atoms with Crippen LogP contribution in [0.5, 0.6) is 17.2 Å². The van der Waals surface area contributed by atoms with E-state index in [0.29, 0.717) is 17.1 Å². The van der Waals surface area contributed by atoms with E-state index in [4.69, 9.17) is 15.2 Å². The van der Waals surface area contributed by atoms with E-state index in [1.165, 1.54) is 31.4 Å². The predicted octanol–water partition coefficient (Wildman–Crippen LogP) is 3.97. The van der Waals surface area contributed by atoms with E-state index in [2.05, 4.69) is 0 Å². The minimum absolute atomic E-state index is 0.0336. The fourth-order valence-electron chi connectivity index (χ4n) is 1.79. The summed E-state index contributed by atoms with van der Waals surface area (Å²) < 4.78 is 49.4. The summed E-state index contributed by atoms with van der Waals surface area (Å²) in [6, 6.07) is 10.1. The Morgan fingerprint density at radius 2 is 1.62 bits per heavy atom. The van der Waals surface area contributed by atoms with Gasteiger partial charge in [-0.3, -0.25) is 0 Å². The van der Waals surface area contributed by atoms with Crippen LogP contribution in [0.4, 0.5) is 13.2 Å². The molecule has 0 fully saturated rings. The lowest BCUT2D eigenvalue weighted by Crippen LogP contribution is -2.09. The number of methoxy groups -OCH3 is 1. The van der Waals surface area contributed by atoms with Crippen molar-refractivity contribution >= 4 is 0 Å². The fourth-order valence-corrected chi connectivity index (χ4v) is 1.79. The topological polar surface area (TPSA) is 44.5 Å². The van der Waals surface area contributed by atoms with Gasteiger partial charge in [-0.05, 0) is 42.0 Å². The molecule has 0 saturated heterocycles. The molecule has 112 valence electrons. The van der Waals surface area contributed by atoms with Gasteiger partial charge in [0.05, 0.1) is 12.7 Å². The fraction of sp³-hybridized carbons (Fsp3) is 0.200.